The Morgan fingerprint density at radius 1 is 1.14 bits per heavy atom. The first kappa shape index (κ1) is 22.9. The van der Waals surface area contributed by atoms with E-state index < -0.39 is 0 Å². The molecule has 8 nitrogen and oxygen atoms in total. The molecule has 1 N–H and O–H groups in total. The summed E-state index contributed by atoms with van der Waals surface area (Å²) in [6.07, 6.45) is 4.17. The summed E-state index contributed by atoms with van der Waals surface area (Å²) >= 11 is 0. The number of aryl methyl sites for hydroxylation is 1. The van der Waals surface area contributed by atoms with Gasteiger partial charge >= 0.3 is 0 Å². The van der Waals surface area contributed by atoms with Crippen molar-refractivity contribution in [3.05, 3.63) is 75.7 Å². The number of fused-ring (bicyclic) bond motifs is 3. The van der Waals surface area contributed by atoms with Gasteiger partial charge < -0.3 is 19.4 Å². The van der Waals surface area contributed by atoms with Crippen molar-refractivity contribution in [2.24, 2.45) is 0 Å². The second-order valence-electron chi connectivity index (χ2n) is 9.82. The van der Waals surface area contributed by atoms with Crippen LogP contribution in [0.3, 0.4) is 0 Å². The Morgan fingerprint density at radius 2 is 1.94 bits per heavy atom. The standard InChI is InChI=1S/C28H30N4O4/c1-18-13-25-23(26-24(27(33)30-25)15-29-32(26)20-8-11-35-12-9-20)14-22(18)28(34)31-10-7-21(16-31)36-17-19-5-3-2-4-6-19/h2-6,13-15,20-21H,7-12,16-17H2,1H3,(H,30,33). The number of amides is 1. The average Bonchev–Trinajstić information content (AvgIpc) is 3.56. The van der Waals surface area contributed by atoms with E-state index in [1.807, 2.05) is 59.0 Å². The lowest BCUT2D eigenvalue weighted by Gasteiger charge is -2.23. The number of H-pyrrole nitrogens is 1. The molecule has 0 saturated carbocycles. The van der Waals surface area contributed by atoms with Gasteiger partial charge in [-0.3, -0.25) is 14.3 Å². The van der Waals surface area contributed by atoms with Crippen LogP contribution in [0, 0.1) is 6.92 Å². The maximum Gasteiger partial charge on any atom is 0.259 e. The predicted octanol–water partition coefficient (Wildman–Crippen LogP) is 3.97. The van der Waals surface area contributed by atoms with E-state index in [0.29, 0.717) is 43.9 Å². The predicted molar refractivity (Wildman–Crippen MR) is 137 cm³/mol. The van der Waals surface area contributed by atoms with Crippen molar-refractivity contribution in [3.63, 3.8) is 0 Å². The van der Waals surface area contributed by atoms with Crippen molar-refractivity contribution >= 4 is 27.7 Å². The van der Waals surface area contributed by atoms with E-state index in [1.54, 1.807) is 6.20 Å². The molecule has 4 aromatic rings. The normalized spacial score (nSPS) is 18.9. The molecule has 4 heterocycles. The number of likely N-dealkylation sites (tertiary alicyclic amines) is 1. The lowest BCUT2D eigenvalue weighted by atomic mass is 10.0. The molecule has 1 atom stereocenters. The van der Waals surface area contributed by atoms with Crippen LogP contribution in [-0.2, 0) is 16.1 Å². The Balaban J connectivity index is 1.30. The SMILES string of the molecule is Cc1cc2[nH]c(=O)c3cnn(C4CCOCC4)c3c2cc1C(=O)N1CCC(OCc2ccccc2)C1. The van der Waals surface area contributed by atoms with Gasteiger partial charge in [0.25, 0.3) is 11.5 Å². The summed E-state index contributed by atoms with van der Waals surface area (Å²) in [5.41, 5.74) is 3.98. The van der Waals surface area contributed by atoms with Crippen LogP contribution in [-0.4, -0.2) is 58.0 Å². The van der Waals surface area contributed by atoms with Crippen molar-refractivity contribution in [2.45, 2.75) is 44.9 Å². The van der Waals surface area contributed by atoms with Crippen LogP contribution in [0.4, 0.5) is 0 Å². The second kappa shape index (κ2) is 9.52. The minimum Gasteiger partial charge on any atom is -0.381 e. The largest absolute Gasteiger partial charge is 0.381 e. The molecule has 2 fully saturated rings. The van der Waals surface area contributed by atoms with Gasteiger partial charge in [0.15, 0.2) is 0 Å². The summed E-state index contributed by atoms with van der Waals surface area (Å²) in [4.78, 5) is 31.3. The molecule has 36 heavy (non-hydrogen) atoms. The molecule has 0 bridgehead atoms. The minimum absolute atomic E-state index is 0.00306. The molecule has 8 heteroatoms. The number of nitrogens with zero attached hydrogens (tertiary/aromatic N) is 3. The molecule has 2 saturated heterocycles. The maximum atomic E-state index is 13.6. The van der Waals surface area contributed by atoms with Crippen LogP contribution < -0.4 is 5.56 Å². The molecule has 2 aromatic carbocycles. The van der Waals surface area contributed by atoms with Gasteiger partial charge in [0.1, 0.15) is 0 Å². The third kappa shape index (κ3) is 4.20. The van der Waals surface area contributed by atoms with E-state index in [2.05, 4.69) is 10.1 Å². The van der Waals surface area contributed by atoms with Gasteiger partial charge in [0.05, 0.1) is 41.4 Å². The number of aromatic amines is 1. The van der Waals surface area contributed by atoms with Crippen molar-refractivity contribution in [2.75, 3.05) is 26.3 Å². The summed E-state index contributed by atoms with van der Waals surface area (Å²) < 4.78 is 13.6. The number of carbonyl (C=O) groups excluding carboxylic acids is 1. The fourth-order valence-corrected chi connectivity index (χ4v) is 5.44. The summed E-state index contributed by atoms with van der Waals surface area (Å²) in [5, 5.41) is 5.98. The zero-order chi connectivity index (χ0) is 24.6. The van der Waals surface area contributed by atoms with E-state index >= 15 is 0 Å². The molecule has 2 aliphatic heterocycles. The smallest absolute Gasteiger partial charge is 0.259 e. The van der Waals surface area contributed by atoms with E-state index in [9.17, 15) is 9.59 Å². The quantitative estimate of drug-likeness (QED) is 0.461. The Bertz CT molecular complexity index is 1470. The van der Waals surface area contributed by atoms with Crippen molar-refractivity contribution in [1.82, 2.24) is 19.7 Å². The second-order valence-corrected chi connectivity index (χ2v) is 9.82. The Hall–Kier alpha value is -3.49. The molecule has 1 unspecified atom stereocenters. The Labute approximate surface area is 208 Å². The van der Waals surface area contributed by atoms with Gasteiger partial charge in [-0.05, 0) is 49.4 Å². The lowest BCUT2D eigenvalue weighted by molar-refractivity contribution is 0.0437. The molecular weight excluding hydrogens is 456 g/mol. The van der Waals surface area contributed by atoms with Crippen LogP contribution >= 0.6 is 0 Å². The first-order chi connectivity index (χ1) is 17.6. The highest BCUT2D eigenvalue weighted by Gasteiger charge is 2.29. The monoisotopic (exact) mass is 486 g/mol. The third-order valence-corrected chi connectivity index (χ3v) is 7.44. The summed E-state index contributed by atoms with van der Waals surface area (Å²) in [7, 11) is 0. The fraction of sp³-hybridized carbons (Fsp3) is 0.393. The molecule has 2 aliphatic rings. The van der Waals surface area contributed by atoms with Crippen molar-refractivity contribution in [1.29, 1.82) is 0 Å². The molecular formula is C28H30N4O4. The van der Waals surface area contributed by atoms with Crippen LogP contribution in [0.25, 0.3) is 21.8 Å². The Morgan fingerprint density at radius 3 is 2.75 bits per heavy atom. The highest BCUT2D eigenvalue weighted by Crippen LogP contribution is 2.30. The van der Waals surface area contributed by atoms with Crippen molar-refractivity contribution in [3.8, 4) is 0 Å². The zero-order valence-corrected chi connectivity index (χ0v) is 20.4. The van der Waals surface area contributed by atoms with Gasteiger partial charge in [-0.15, -0.1) is 0 Å². The van der Waals surface area contributed by atoms with E-state index in [-0.39, 0.29) is 23.6 Å². The maximum absolute atomic E-state index is 13.6. The van der Waals surface area contributed by atoms with Gasteiger partial charge in [-0.25, -0.2) is 0 Å². The number of hydrogen-bond donors (Lipinski definition) is 1. The van der Waals surface area contributed by atoms with Gasteiger partial charge in [0.2, 0.25) is 0 Å². The first-order valence-corrected chi connectivity index (χ1v) is 12.6. The number of pyridine rings is 1. The molecule has 0 aliphatic carbocycles. The van der Waals surface area contributed by atoms with Crippen LogP contribution in [0.15, 0.2) is 53.5 Å². The molecule has 0 spiro atoms. The summed E-state index contributed by atoms with van der Waals surface area (Å²) in [6, 6.07) is 14.1. The van der Waals surface area contributed by atoms with E-state index in [4.69, 9.17) is 9.47 Å². The van der Waals surface area contributed by atoms with Crippen LogP contribution in [0.5, 0.6) is 0 Å². The molecule has 1 amide bonds. The third-order valence-electron chi connectivity index (χ3n) is 7.44. The summed E-state index contributed by atoms with van der Waals surface area (Å²) in [6.45, 7) is 5.06. The Kier molecular flexibility index (Phi) is 6.07. The molecule has 0 radical (unpaired) electrons. The average molecular weight is 487 g/mol. The van der Waals surface area contributed by atoms with E-state index in [0.717, 1.165) is 46.8 Å². The van der Waals surface area contributed by atoms with Crippen molar-refractivity contribution < 1.29 is 14.3 Å². The number of hydrogen-bond acceptors (Lipinski definition) is 5. The number of carbonyl (C=O) groups is 1. The topological polar surface area (TPSA) is 89.4 Å². The van der Waals surface area contributed by atoms with E-state index in [1.165, 1.54) is 0 Å². The lowest BCUT2D eigenvalue weighted by Crippen LogP contribution is -2.30. The molecule has 186 valence electrons. The number of nitrogens with one attached hydrogen (secondary N) is 1. The first-order valence-electron chi connectivity index (χ1n) is 12.6. The number of ether oxygens (including phenoxy) is 2. The van der Waals surface area contributed by atoms with Crippen LogP contribution in [0.2, 0.25) is 0 Å². The minimum atomic E-state index is -0.160. The number of aromatic nitrogens is 3. The van der Waals surface area contributed by atoms with Gasteiger partial charge in [0, 0.05) is 37.3 Å². The highest BCUT2D eigenvalue weighted by atomic mass is 16.5. The van der Waals surface area contributed by atoms with Gasteiger partial charge in [-0.2, -0.15) is 5.10 Å². The van der Waals surface area contributed by atoms with Crippen LogP contribution in [0.1, 0.15) is 46.8 Å². The summed E-state index contributed by atoms with van der Waals surface area (Å²) in [5.74, 6) is -0.00306. The number of rotatable bonds is 5. The zero-order valence-electron chi connectivity index (χ0n) is 20.4. The highest BCUT2D eigenvalue weighted by molar-refractivity contribution is 6.07. The molecule has 2 aromatic heterocycles. The fourth-order valence-electron chi connectivity index (χ4n) is 5.44. The van der Waals surface area contributed by atoms with Gasteiger partial charge in [-0.1, -0.05) is 30.3 Å². The number of benzene rings is 2. The molecule has 6 rings (SSSR count).